The molecule has 0 heterocycles. The molecule has 0 spiro atoms. The lowest BCUT2D eigenvalue weighted by Crippen LogP contribution is -2.12. The van der Waals surface area contributed by atoms with Gasteiger partial charge in [-0.2, -0.15) is 0 Å². The fraction of sp³-hybridized carbons (Fsp3) is 0.294. The molecule has 1 nitrogen and oxygen atoms in total. The largest absolute Gasteiger partial charge is 0.405 e. The second kappa shape index (κ2) is 6.51. The Hall–Kier alpha value is -1.90. The number of alkyl halides is 2. The third-order valence-corrected chi connectivity index (χ3v) is 3.13. The Bertz CT molecular complexity index is 549. The van der Waals surface area contributed by atoms with Gasteiger partial charge in [0.1, 0.15) is 0 Å². The van der Waals surface area contributed by atoms with Gasteiger partial charge in [0.05, 0.1) is 0 Å². The van der Waals surface area contributed by atoms with E-state index in [9.17, 15) is 8.78 Å². The molecule has 0 aliphatic heterocycles. The summed E-state index contributed by atoms with van der Waals surface area (Å²) in [4.78, 5) is 0. The average molecular weight is 277 g/mol. The Morgan fingerprint density at radius 2 is 2.00 bits per heavy atom. The van der Waals surface area contributed by atoms with Crippen LogP contribution in [0.25, 0.3) is 5.57 Å². The summed E-state index contributed by atoms with van der Waals surface area (Å²) in [7, 11) is 0. The van der Waals surface area contributed by atoms with Gasteiger partial charge in [0.25, 0.3) is 5.92 Å². The molecule has 0 aliphatic carbocycles. The fourth-order valence-electron chi connectivity index (χ4n) is 1.96. The number of halogens is 2. The van der Waals surface area contributed by atoms with Crippen LogP contribution in [0.15, 0.2) is 48.7 Å². The van der Waals surface area contributed by atoms with Crippen LogP contribution in [0, 0.1) is 13.8 Å². The van der Waals surface area contributed by atoms with Gasteiger partial charge in [0, 0.05) is 12.5 Å². The molecule has 0 fully saturated rings. The van der Waals surface area contributed by atoms with Crippen molar-refractivity contribution in [2.45, 2.75) is 33.1 Å². The molecule has 2 N–H and O–H groups in total. The van der Waals surface area contributed by atoms with Crippen LogP contribution in [0.4, 0.5) is 8.78 Å². The Morgan fingerprint density at radius 1 is 1.35 bits per heavy atom. The highest BCUT2D eigenvalue weighted by atomic mass is 19.3. The number of aryl methyl sites for hydroxylation is 2. The van der Waals surface area contributed by atoms with Crippen LogP contribution in [0.5, 0.6) is 0 Å². The topological polar surface area (TPSA) is 26.0 Å². The summed E-state index contributed by atoms with van der Waals surface area (Å²) >= 11 is 0. The summed E-state index contributed by atoms with van der Waals surface area (Å²) in [6, 6.07) is 6.05. The molecule has 1 aromatic rings. The number of allylic oxidation sites excluding steroid dienone is 4. The van der Waals surface area contributed by atoms with Gasteiger partial charge in [-0.05, 0) is 49.2 Å². The lowest BCUT2D eigenvalue weighted by molar-refractivity contribution is 0.0672. The predicted octanol–water partition coefficient (Wildman–Crippen LogP) is 4.76. The smallest absolute Gasteiger partial charge is 0.270 e. The van der Waals surface area contributed by atoms with E-state index in [0.717, 1.165) is 35.4 Å². The molecule has 0 saturated heterocycles. The first-order chi connectivity index (χ1) is 9.25. The molecule has 0 aliphatic rings. The highest BCUT2D eigenvalue weighted by Gasteiger charge is 2.25. The molecule has 0 unspecified atom stereocenters. The van der Waals surface area contributed by atoms with Crippen LogP contribution >= 0.6 is 0 Å². The monoisotopic (exact) mass is 277 g/mol. The SMILES string of the molecule is C=C(C/C=C(\C=C/N)C(C)(F)F)c1cc(C)ccc1C. The molecule has 20 heavy (non-hydrogen) atoms. The summed E-state index contributed by atoms with van der Waals surface area (Å²) in [5.41, 5.74) is 9.16. The second-order valence-corrected chi connectivity index (χ2v) is 5.03. The number of rotatable bonds is 5. The summed E-state index contributed by atoms with van der Waals surface area (Å²) in [6.45, 7) is 8.84. The van der Waals surface area contributed by atoms with E-state index in [1.807, 2.05) is 32.0 Å². The molecule has 1 rings (SSSR count). The van der Waals surface area contributed by atoms with E-state index in [4.69, 9.17) is 5.73 Å². The number of hydrogen-bond acceptors (Lipinski definition) is 1. The predicted molar refractivity (Wildman–Crippen MR) is 81.6 cm³/mol. The van der Waals surface area contributed by atoms with Crippen molar-refractivity contribution in [2.24, 2.45) is 5.73 Å². The van der Waals surface area contributed by atoms with E-state index >= 15 is 0 Å². The summed E-state index contributed by atoms with van der Waals surface area (Å²) < 4.78 is 26.7. The Kier molecular flexibility index (Phi) is 5.26. The van der Waals surface area contributed by atoms with Crippen LogP contribution in [-0.4, -0.2) is 5.92 Å². The second-order valence-electron chi connectivity index (χ2n) is 5.03. The van der Waals surface area contributed by atoms with Crippen molar-refractivity contribution in [3.8, 4) is 0 Å². The minimum atomic E-state index is -2.90. The van der Waals surface area contributed by atoms with Gasteiger partial charge in [-0.25, -0.2) is 8.78 Å². The van der Waals surface area contributed by atoms with Gasteiger partial charge in [0.2, 0.25) is 0 Å². The molecule has 0 atom stereocenters. The van der Waals surface area contributed by atoms with Crippen LogP contribution < -0.4 is 5.73 Å². The fourth-order valence-corrected chi connectivity index (χ4v) is 1.96. The summed E-state index contributed by atoms with van der Waals surface area (Å²) in [6.07, 6.45) is 4.21. The highest BCUT2D eigenvalue weighted by Crippen LogP contribution is 2.27. The molecule has 0 amide bonds. The third-order valence-electron chi connectivity index (χ3n) is 3.13. The zero-order chi connectivity index (χ0) is 15.3. The molecule has 108 valence electrons. The zero-order valence-electron chi connectivity index (χ0n) is 12.2. The van der Waals surface area contributed by atoms with E-state index in [-0.39, 0.29) is 5.57 Å². The molecule has 0 saturated carbocycles. The highest BCUT2D eigenvalue weighted by molar-refractivity contribution is 5.68. The summed E-state index contributed by atoms with van der Waals surface area (Å²) in [5, 5.41) is 0. The van der Waals surface area contributed by atoms with Crippen LogP contribution in [-0.2, 0) is 0 Å². The van der Waals surface area contributed by atoms with E-state index in [2.05, 4.69) is 6.58 Å². The van der Waals surface area contributed by atoms with Gasteiger partial charge in [0.15, 0.2) is 0 Å². The van der Waals surface area contributed by atoms with Crippen molar-refractivity contribution in [3.63, 3.8) is 0 Å². The molecule has 0 bridgehead atoms. The molecular weight excluding hydrogens is 256 g/mol. The van der Waals surface area contributed by atoms with Crippen molar-refractivity contribution in [1.82, 2.24) is 0 Å². The van der Waals surface area contributed by atoms with E-state index < -0.39 is 5.92 Å². The minimum Gasteiger partial charge on any atom is -0.405 e. The quantitative estimate of drug-likeness (QED) is 0.771. The lowest BCUT2D eigenvalue weighted by Gasteiger charge is -2.13. The maximum absolute atomic E-state index is 13.4. The van der Waals surface area contributed by atoms with Crippen molar-refractivity contribution < 1.29 is 8.78 Å². The Balaban J connectivity index is 2.98. The number of nitrogens with two attached hydrogens (primary N) is 1. The molecule has 0 radical (unpaired) electrons. The molecule has 3 heteroatoms. The number of benzene rings is 1. The van der Waals surface area contributed by atoms with E-state index in [1.165, 1.54) is 12.2 Å². The summed E-state index contributed by atoms with van der Waals surface area (Å²) in [5.74, 6) is -2.90. The van der Waals surface area contributed by atoms with Crippen molar-refractivity contribution in [1.29, 1.82) is 0 Å². The maximum Gasteiger partial charge on any atom is 0.270 e. The molecule has 1 aromatic carbocycles. The van der Waals surface area contributed by atoms with Crippen LogP contribution in [0.3, 0.4) is 0 Å². The average Bonchev–Trinajstić information content (AvgIpc) is 2.35. The normalized spacial score (nSPS) is 12.9. The third kappa shape index (κ3) is 4.34. The standard InChI is InChI=1S/C17H21F2N/c1-12-5-6-13(2)16(11-12)14(3)7-8-15(9-10-20)17(4,18)19/h5-6,8-11H,3,7,20H2,1-2,4H3/b10-9-,15-8+. The Labute approximate surface area is 119 Å². The van der Waals surface area contributed by atoms with Gasteiger partial charge < -0.3 is 5.73 Å². The van der Waals surface area contributed by atoms with Crippen molar-refractivity contribution in [2.75, 3.05) is 0 Å². The first kappa shape index (κ1) is 16.2. The van der Waals surface area contributed by atoms with Crippen molar-refractivity contribution in [3.05, 3.63) is 65.4 Å². The van der Waals surface area contributed by atoms with Crippen LogP contribution in [0.1, 0.15) is 30.0 Å². The zero-order valence-corrected chi connectivity index (χ0v) is 12.2. The molecular formula is C17H21F2N. The van der Waals surface area contributed by atoms with Gasteiger partial charge >= 0.3 is 0 Å². The minimum absolute atomic E-state index is 0.0912. The number of hydrogen-bond donors (Lipinski definition) is 1. The van der Waals surface area contributed by atoms with Crippen molar-refractivity contribution >= 4 is 5.57 Å². The van der Waals surface area contributed by atoms with Crippen LogP contribution in [0.2, 0.25) is 0 Å². The Morgan fingerprint density at radius 3 is 2.55 bits per heavy atom. The van der Waals surface area contributed by atoms with E-state index in [0.29, 0.717) is 6.42 Å². The van der Waals surface area contributed by atoms with Gasteiger partial charge in [-0.15, -0.1) is 0 Å². The first-order valence-corrected chi connectivity index (χ1v) is 6.48. The van der Waals surface area contributed by atoms with Gasteiger partial charge in [-0.1, -0.05) is 36.4 Å². The van der Waals surface area contributed by atoms with Gasteiger partial charge in [-0.3, -0.25) is 0 Å². The lowest BCUT2D eigenvalue weighted by atomic mass is 9.96. The maximum atomic E-state index is 13.4. The first-order valence-electron chi connectivity index (χ1n) is 6.48. The van der Waals surface area contributed by atoms with E-state index in [1.54, 1.807) is 0 Å². The molecule has 0 aromatic heterocycles.